The van der Waals surface area contributed by atoms with Gasteiger partial charge in [-0.1, -0.05) is 12.1 Å². The zero-order valence-electron chi connectivity index (χ0n) is 16.7. The minimum Gasteiger partial charge on any atom is -0.370 e. The molecule has 0 unspecified atom stereocenters. The van der Waals surface area contributed by atoms with Crippen LogP contribution in [0.2, 0.25) is 0 Å². The first-order valence-corrected chi connectivity index (χ1v) is 13.4. The molecule has 0 bridgehead atoms. The zero-order valence-corrected chi connectivity index (χ0v) is 20.8. The fraction of sp³-hybridized carbons (Fsp3) is 0.143. The van der Waals surface area contributed by atoms with E-state index in [4.69, 9.17) is 0 Å². The van der Waals surface area contributed by atoms with E-state index in [-0.39, 0.29) is 0 Å². The highest BCUT2D eigenvalue weighted by Crippen LogP contribution is 2.46. The second-order valence-corrected chi connectivity index (χ2v) is 12.2. The quantitative estimate of drug-likeness (QED) is 0.254. The number of aromatic nitrogens is 2. The van der Waals surface area contributed by atoms with E-state index in [2.05, 4.69) is 58.1 Å². The fourth-order valence-corrected chi connectivity index (χ4v) is 8.76. The first-order valence-electron chi connectivity index (χ1n) is 9.40. The summed E-state index contributed by atoms with van der Waals surface area (Å²) in [5.41, 5.74) is 4.20. The maximum atomic E-state index is 9.69. The van der Waals surface area contributed by atoms with Gasteiger partial charge in [0, 0.05) is 60.8 Å². The maximum Gasteiger partial charge on any atom is 0.118 e. The van der Waals surface area contributed by atoms with Crippen molar-refractivity contribution in [1.82, 2.24) is 8.75 Å². The number of hydrogen-bond acceptors (Lipinski definition) is 10. The molecule has 0 spiro atoms. The molecule has 0 radical (unpaired) electrons. The van der Waals surface area contributed by atoms with Crippen molar-refractivity contribution in [3.8, 4) is 20.9 Å². The van der Waals surface area contributed by atoms with Crippen LogP contribution in [0.5, 0.6) is 0 Å². The average Bonchev–Trinajstić information content (AvgIpc) is 3.50. The van der Waals surface area contributed by atoms with Crippen molar-refractivity contribution in [2.45, 2.75) is 0 Å². The number of hydrogen-bond donors (Lipinski definition) is 1. The highest BCUT2D eigenvalue weighted by atomic mass is 32.1. The van der Waals surface area contributed by atoms with Gasteiger partial charge in [0.05, 0.1) is 16.7 Å². The summed E-state index contributed by atoms with van der Waals surface area (Å²) < 4.78 is 14.3. The van der Waals surface area contributed by atoms with E-state index in [9.17, 15) is 5.21 Å². The first-order chi connectivity index (χ1) is 15.0. The van der Waals surface area contributed by atoms with Gasteiger partial charge in [0.1, 0.15) is 16.0 Å². The largest absolute Gasteiger partial charge is 0.370 e. The van der Waals surface area contributed by atoms with Crippen LogP contribution in [0.4, 0.5) is 10.0 Å². The molecule has 0 aliphatic rings. The predicted octanol–water partition coefficient (Wildman–Crippen LogP) is 7.47. The van der Waals surface area contributed by atoms with Gasteiger partial charge in [-0.15, -0.1) is 45.3 Å². The molecule has 0 saturated carbocycles. The standard InChI is InChI=1S/C21H16N4OS5/c1-24(2)18-8-16-14(29-18)6-12(27-16)10-4-5-11(21-20(10)22-31-23-21)13-7-15-17(28-13)9-19(30-15)25(3)26/h4-9,26H,1-3H3. The van der Waals surface area contributed by atoms with Crippen LogP contribution < -0.4 is 9.96 Å². The van der Waals surface area contributed by atoms with Gasteiger partial charge < -0.3 is 4.90 Å². The van der Waals surface area contributed by atoms with Crippen molar-refractivity contribution in [3.63, 3.8) is 0 Å². The van der Waals surface area contributed by atoms with Crippen molar-refractivity contribution < 1.29 is 5.21 Å². The van der Waals surface area contributed by atoms with Crippen LogP contribution in [0, 0.1) is 0 Å². The Hall–Kier alpha value is -2.08. The van der Waals surface area contributed by atoms with Crippen molar-refractivity contribution in [1.29, 1.82) is 0 Å². The monoisotopic (exact) mass is 500 g/mol. The van der Waals surface area contributed by atoms with Crippen molar-refractivity contribution in [3.05, 3.63) is 36.4 Å². The molecule has 156 valence electrons. The van der Waals surface area contributed by atoms with E-state index in [1.54, 1.807) is 29.7 Å². The topological polar surface area (TPSA) is 52.5 Å². The minimum absolute atomic E-state index is 0.846. The normalized spacial score (nSPS) is 11.9. The molecule has 6 rings (SSSR count). The van der Waals surface area contributed by atoms with E-state index in [1.165, 1.54) is 50.3 Å². The second kappa shape index (κ2) is 7.22. The SMILES string of the molecule is CN(C)c1cc2sc(-c3ccc(-c4cc5sc(N(C)O)cc5s4)c4nsnc34)cc2s1. The predicted molar refractivity (Wildman–Crippen MR) is 139 cm³/mol. The van der Waals surface area contributed by atoms with Gasteiger partial charge in [-0.3, -0.25) is 5.21 Å². The Morgan fingerprint density at radius 3 is 1.65 bits per heavy atom. The summed E-state index contributed by atoms with van der Waals surface area (Å²) in [7, 11) is 5.81. The molecule has 10 heteroatoms. The lowest BCUT2D eigenvalue weighted by molar-refractivity contribution is 0.282. The van der Waals surface area contributed by atoms with Crippen molar-refractivity contribution in [2.75, 3.05) is 31.1 Å². The van der Waals surface area contributed by atoms with Gasteiger partial charge in [0.15, 0.2) is 0 Å². The third kappa shape index (κ3) is 3.17. The molecule has 0 saturated heterocycles. The fourth-order valence-electron chi connectivity index (χ4n) is 3.56. The Morgan fingerprint density at radius 2 is 1.16 bits per heavy atom. The summed E-state index contributed by atoms with van der Waals surface area (Å²) in [6, 6.07) is 13.1. The summed E-state index contributed by atoms with van der Waals surface area (Å²) in [6.07, 6.45) is 0. The Bertz CT molecular complexity index is 1390. The van der Waals surface area contributed by atoms with Gasteiger partial charge in [-0.05, 0) is 24.3 Å². The summed E-state index contributed by atoms with van der Waals surface area (Å²) in [5.74, 6) is 0. The summed E-state index contributed by atoms with van der Waals surface area (Å²) >= 11 is 8.22. The molecular weight excluding hydrogens is 485 g/mol. The number of benzene rings is 1. The molecule has 31 heavy (non-hydrogen) atoms. The van der Waals surface area contributed by atoms with Crippen LogP contribution in [0.3, 0.4) is 0 Å². The molecular formula is C21H16N4OS5. The molecule has 0 aliphatic heterocycles. The van der Waals surface area contributed by atoms with Gasteiger partial charge >= 0.3 is 0 Å². The lowest BCUT2D eigenvalue weighted by Gasteiger charge is -2.07. The number of hydroxylamine groups is 1. The average molecular weight is 501 g/mol. The molecule has 5 heterocycles. The summed E-state index contributed by atoms with van der Waals surface area (Å²) in [4.78, 5) is 4.57. The Morgan fingerprint density at radius 1 is 0.677 bits per heavy atom. The Kier molecular flexibility index (Phi) is 4.57. The van der Waals surface area contributed by atoms with Gasteiger partial charge in [0.25, 0.3) is 0 Å². The highest BCUT2D eigenvalue weighted by Gasteiger charge is 2.18. The van der Waals surface area contributed by atoms with Crippen LogP contribution >= 0.6 is 57.1 Å². The van der Waals surface area contributed by atoms with Crippen molar-refractivity contribution >= 4 is 96.9 Å². The number of anilines is 2. The third-order valence-corrected chi connectivity index (χ3v) is 10.5. The smallest absolute Gasteiger partial charge is 0.118 e. The minimum atomic E-state index is 0.846. The maximum absolute atomic E-state index is 9.69. The second-order valence-electron chi connectivity index (χ2n) is 7.39. The molecule has 1 aromatic carbocycles. The van der Waals surface area contributed by atoms with E-state index >= 15 is 0 Å². The number of nitrogens with zero attached hydrogens (tertiary/aromatic N) is 4. The number of rotatable bonds is 4. The van der Waals surface area contributed by atoms with Crippen LogP contribution in [-0.2, 0) is 0 Å². The zero-order chi connectivity index (χ0) is 21.3. The molecule has 5 nitrogen and oxygen atoms in total. The van der Waals surface area contributed by atoms with E-state index in [1.807, 2.05) is 28.7 Å². The van der Waals surface area contributed by atoms with E-state index < -0.39 is 0 Å². The van der Waals surface area contributed by atoms with Crippen LogP contribution in [0.1, 0.15) is 0 Å². The van der Waals surface area contributed by atoms with Gasteiger partial charge in [0.2, 0.25) is 0 Å². The first kappa shape index (κ1) is 19.6. The molecule has 1 N–H and O–H groups in total. The van der Waals surface area contributed by atoms with E-state index in [0.717, 1.165) is 27.2 Å². The molecule has 6 aromatic rings. The Labute approximate surface area is 198 Å². The lowest BCUT2D eigenvalue weighted by Crippen LogP contribution is -2.07. The highest BCUT2D eigenvalue weighted by molar-refractivity contribution is 7.32. The number of fused-ring (bicyclic) bond motifs is 3. The lowest BCUT2D eigenvalue weighted by atomic mass is 10.1. The molecule has 5 aromatic heterocycles. The van der Waals surface area contributed by atoms with Gasteiger partial charge in [-0.2, -0.15) is 8.75 Å². The molecule has 0 amide bonds. The number of thiophene rings is 4. The molecule has 0 fully saturated rings. The summed E-state index contributed by atoms with van der Waals surface area (Å²) in [6.45, 7) is 0. The molecule has 0 atom stereocenters. The Balaban J connectivity index is 1.45. The summed E-state index contributed by atoms with van der Waals surface area (Å²) in [5, 5.41) is 13.0. The van der Waals surface area contributed by atoms with Crippen LogP contribution in [0.15, 0.2) is 36.4 Å². The van der Waals surface area contributed by atoms with Gasteiger partial charge in [-0.25, -0.2) is 5.06 Å². The third-order valence-electron chi connectivity index (χ3n) is 5.09. The van der Waals surface area contributed by atoms with Crippen LogP contribution in [0.25, 0.3) is 50.7 Å². The van der Waals surface area contributed by atoms with E-state index in [0.29, 0.717) is 0 Å². The van der Waals surface area contributed by atoms with Crippen LogP contribution in [-0.4, -0.2) is 35.1 Å². The molecule has 0 aliphatic carbocycles. The van der Waals surface area contributed by atoms with Crippen molar-refractivity contribution in [2.24, 2.45) is 0 Å².